The number of thioether (sulfide) groups is 1. The summed E-state index contributed by atoms with van der Waals surface area (Å²) < 4.78 is 4.82. The first-order valence-corrected chi connectivity index (χ1v) is 6.05. The van der Waals surface area contributed by atoms with Crippen molar-refractivity contribution >= 4 is 23.6 Å². The lowest BCUT2D eigenvalue weighted by Gasteiger charge is -2.06. The zero-order valence-electron chi connectivity index (χ0n) is 9.27. The molecule has 0 fully saturated rings. The van der Waals surface area contributed by atoms with Crippen LogP contribution in [0.1, 0.15) is 6.42 Å². The molecule has 7 heteroatoms. The van der Waals surface area contributed by atoms with E-state index in [2.05, 4.69) is 5.32 Å². The number of methoxy groups -OCH3 is 1. The summed E-state index contributed by atoms with van der Waals surface area (Å²) in [7, 11) is 1.60. The molecule has 1 atom stereocenters. The van der Waals surface area contributed by atoms with E-state index in [0.29, 0.717) is 13.2 Å². The van der Waals surface area contributed by atoms with Gasteiger partial charge in [-0.25, -0.2) is 0 Å². The lowest BCUT2D eigenvalue weighted by atomic mass is 10.4. The van der Waals surface area contributed by atoms with Crippen LogP contribution in [0.4, 0.5) is 0 Å². The van der Waals surface area contributed by atoms with Crippen LogP contribution in [-0.2, 0) is 14.3 Å². The molecule has 0 bridgehead atoms. The molecular weight excluding hydrogens is 232 g/mol. The maximum atomic E-state index is 11.2. The molecule has 0 heterocycles. The van der Waals surface area contributed by atoms with Gasteiger partial charge in [-0.15, -0.1) is 11.8 Å². The van der Waals surface area contributed by atoms with Crippen LogP contribution in [0.5, 0.6) is 0 Å². The fraction of sp³-hybridized carbons (Fsp3) is 0.778. The number of carboxylic acid groups (broad SMARTS) is 1. The number of hydrogen-bond donors (Lipinski definition) is 3. The van der Waals surface area contributed by atoms with Crippen molar-refractivity contribution in [3.05, 3.63) is 0 Å². The van der Waals surface area contributed by atoms with Gasteiger partial charge in [-0.05, 0) is 6.42 Å². The van der Waals surface area contributed by atoms with Crippen molar-refractivity contribution in [1.82, 2.24) is 5.32 Å². The molecule has 0 rings (SSSR count). The molecule has 0 saturated carbocycles. The zero-order valence-corrected chi connectivity index (χ0v) is 10.1. The molecule has 0 aliphatic carbocycles. The standard InChI is InChI=1S/C9H18N2O4S/c1-15-4-2-3-11-8(12)6-16-5-7(10)9(13)14/h7H,2-6,10H2,1H3,(H,11,12)(H,13,14)/t7-/m0/s1. The monoisotopic (exact) mass is 250 g/mol. The minimum atomic E-state index is -1.05. The highest BCUT2D eigenvalue weighted by molar-refractivity contribution is 8.00. The third-order valence-electron chi connectivity index (χ3n) is 1.70. The number of amides is 1. The van der Waals surface area contributed by atoms with Gasteiger partial charge in [0.1, 0.15) is 6.04 Å². The van der Waals surface area contributed by atoms with Crippen LogP contribution in [0.3, 0.4) is 0 Å². The second-order valence-corrected chi connectivity index (χ2v) is 4.19. The van der Waals surface area contributed by atoms with E-state index in [1.807, 2.05) is 0 Å². The van der Waals surface area contributed by atoms with E-state index in [1.165, 1.54) is 11.8 Å². The van der Waals surface area contributed by atoms with Gasteiger partial charge >= 0.3 is 5.97 Å². The molecule has 0 radical (unpaired) electrons. The van der Waals surface area contributed by atoms with E-state index < -0.39 is 12.0 Å². The van der Waals surface area contributed by atoms with Gasteiger partial charge in [0.05, 0.1) is 5.75 Å². The number of nitrogens with one attached hydrogen (secondary N) is 1. The Balaban J connectivity index is 3.40. The topological polar surface area (TPSA) is 102 Å². The van der Waals surface area contributed by atoms with Crippen molar-refractivity contribution in [1.29, 1.82) is 0 Å². The molecule has 0 saturated heterocycles. The Bertz CT molecular complexity index is 226. The van der Waals surface area contributed by atoms with Crippen LogP contribution < -0.4 is 11.1 Å². The Morgan fingerprint density at radius 2 is 2.25 bits per heavy atom. The van der Waals surface area contributed by atoms with E-state index >= 15 is 0 Å². The number of carbonyl (C=O) groups excluding carboxylic acids is 1. The Hall–Kier alpha value is -0.790. The van der Waals surface area contributed by atoms with Gasteiger partial charge in [-0.2, -0.15) is 0 Å². The van der Waals surface area contributed by atoms with E-state index in [4.69, 9.17) is 15.6 Å². The number of aliphatic carboxylic acids is 1. The first kappa shape index (κ1) is 15.2. The molecule has 0 unspecified atom stereocenters. The van der Waals surface area contributed by atoms with Gasteiger partial charge in [0, 0.05) is 26.0 Å². The van der Waals surface area contributed by atoms with Gasteiger partial charge in [-0.3, -0.25) is 9.59 Å². The Labute approximate surface area is 98.9 Å². The predicted molar refractivity (Wildman–Crippen MR) is 62.4 cm³/mol. The largest absolute Gasteiger partial charge is 0.480 e. The minimum absolute atomic E-state index is 0.112. The van der Waals surface area contributed by atoms with Crippen molar-refractivity contribution in [2.75, 3.05) is 31.8 Å². The summed E-state index contributed by atoms with van der Waals surface area (Å²) in [6, 6.07) is -0.911. The lowest BCUT2D eigenvalue weighted by Crippen LogP contribution is -2.33. The van der Waals surface area contributed by atoms with Gasteiger partial charge in [0.25, 0.3) is 0 Å². The second kappa shape index (κ2) is 9.44. The quantitative estimate of drug-likeness (QED) is 0.467. The second-order valence-electron chi connectivity index (χ2n) is 3.16. The lowest BCUT2D eigenvalue weighted by molar-refractivity contribution is -0.138. The summed E-state index contributed by atoms with van der Waals surface area (Å²) in [6.45, 7) is 1.18. The fourth-order valence-corrected chi connectivity index (χ4v) is 1.65. The van der Waals surface area contributed by atoms with Gasteiger partial charge in [-0.1, -0.05) is 0 Å². The highest BCUT2D eigenvalue weighted by atomic mass is 32.2. The van der Waals surface area contributed by atoms with Gasteiger partial charge < -0.3 is 20.9 Å². The van der Waals surface area contributed by atoms with Crippen molar-refractivity contribution in [2.24, 2.45) is 5.73 Å². The molecule has 0 aliphatic heterocycles. The van der Waals surface area contributed by atoms with Crippen molar-refractivity contribution in [3.63, 3.8) is 0 Å². The van der Waals surface area contributed by atoms with Gasteiger partial charge in [0.15, 0.2) is 0 Å². The predicted octanol–water partition coefficient (Wildman–Crippen LogP) is -0.716. The summed E-state index contributed by atoms with van der Waals surface area (Å²) in [5.74, 6) is -0.693. The third-order valence-corrected chi connectivity index (χ3v) is 2.76. The van der Waals surface area contributed by atoms with Gasteiger partial charge in [0.2, 0.25) is 5.91 Å². The van der Waals surface area contributed by atoms with Crippen molar-refractivity contribution < 1.29 is 19.4 Å². The number of hydrogen-bond acceptors (Lipinski definition) is 5. The van der Waals surface area contributed by atoms with Crippen LogP contribution in [0, 0.1) is 0 Å². The Morgan fingerprint density at radius 3 is 2.81 bits per heavy atom. The zero-order chi connectivity index (χ0) is 12.4. The van der Waals surface area contributed by atoms with E-state index in [-0.39, 0.29) is 17.4 Å². The van der Waals surface area contributed by atoms with Crippen LogP contribution in [0.2, 0.25) is 0 Å². The Kier molecular flexibility index (Phi) is 8.97. The number of carbonyl (C=O) groups is 2. The van der Waals surface area contributed by atoms with Crippen LogP contribution in [-0.4, -0.2) is 54.8 Å². The van der Waals surface area contributed by atoms with Crippen molar-refractivity contribution in [3.8, 4) is 0 Å². The summed E-state index contributed by atoms with van der Waals surface area (Å²) in [5.41, 5.74) is 5.27. The highest BCUT2D eigenvalue weighted by Gasteiger charge is 2.11. The summed E-state index contributed by atoms with van der Waals surface area (Å²) >= 11 is 1.21. The molecule has 4 N–H and O–H groups in total. The van der Waals surface area contributed by atoms with Crippen molar-refractivity contribution in [2.45, 2.75) is 12.5 Å². The number of nitrogens with two attached hydrogens (primary N) is 1. The summed E-state index contributed by atoms with van der Waals surface area (Å²) in [6.07, 6.45) is 0.765. The molecular formula is C9H18N2O4S. The Morgan fingerprint density at radius 1 is 1.56 bits per heavy atom. The number of ether oxygens (including phenoxy) is 1. The average Bonchev–Trinajstić information content (AvgIpc) is 2.24. The first-order valence-electron chi connectivity index (χ1n) is 4.89. The number of rotatable bonds is 9. The molecule has 94 valence electrons. The van der Waals surface area contributed by atoms with E-state index in [0.717, 1.165) is 6.42 Å². The highest BCUT2D eigenvalue weighted by Crippen LogP contribution is 2.01. The smallest absolute Gasteiger partial charge is 0.321 e. The van der Waals surface area contributed by atoms with E-state index in [1.54, 1.807) is 7.11 Å². The van der Waals surface area contributed by atoms with Crippen LogP contribution in [0.25, 0.3) is 0 Å². The molecule has 16 heavy (non-hydrogen) atoms. The first-order chi connectivity index (χ1) is 7.57. The summed E-state index contributed by atoms with van der Waals surface area (Å²) in [4.78, 5) is 21.6. The number of carboxylic acids is 1. The molecule has 6 nitrogen and oxygen atoms in total. The third kappa shape index (κ3) is 8.51. The average molecular weight is 250 g/mol. The normalized spacial score (nSPS) is 12.1. The molecule has 0 aliphatic rings. The van der Waals surface area contributed by atoms with Crippen LogP contribution >= 0.6 is 11.8 Å². The minimum Gasteiger partial charge on any atom is -0.480 e. The summed E-state index contributed by atoms with van der Waals surface area (Å²) in [5, 5.41) is 11.2. The SMILES string of the molecule is COCCCNC(=O)CSC[C@H](N)C(=O)O. The molecule has 0 aromatic rings. The molecule has 0 spiro atoms. The van der Waals surface area contributed by atoms with E-state index in [9.17, 15) is 9.59 Å². The van der Waals surface area contributed by atoms with Crippen LogP contribution in [0.15, 0.2) is 0 Å². The maximum absolute atomic E-state index is 11.2. The maximum Gasteiger partial charge on any atom is 0.321 e. The fourth-order valence-electron chi connectivity index (χ4n) is 0.845. The molecule has 0 aromatic heterocycles. The molecule has 1 amide bonds. The molecule has 0 aromatic carbocycles.